The van der Waals surface area contributed by atoms with Gasteiger partial charge in [-0.25, -0.2) is 12.8 Å². The van der Waals surface area contributed by atoms with Crippen molar-refractivity contribution < 1.29 is 22.3 Å². The van der Waals surface area contributed by atoms with Crippen LogP contribution in [-0.4, -0.2) is 63.5 Å². The van der Waals surface area contributed by atoms with E-state index in [-0.39, 0.29) is 31.7 Å². The number of halogens is 1. The van der Waals surface area contributed by atoms with E-state index < -0.39 is 26.3 Å². The van der Waals surface area contributed by atoms with Gasteiger partial charge in [-0.1, -0.05) is 12.1 Å². The number of carbonyl (C=O) groups excluding carboxylic acids is 1. The molecule has 0 atom stereocenters. The monoisotopic (exact) mass is 358 g/mol. The van der Waals surface area contributed by atoms with Gasteiger partial charge in [0.15, 0.2) is 26.2 Å². The second-order valence-corrected chi connectivity index (χ2v) is 8.35. The average Bonchev–Trinajstić information content (AvgIpc) is 2.55. The Morgan fingerprint density at radius 2 is 1.96 bits per heavy atom. The Labute approximate surface area is 141 Å². The van der Waals surface area contributed by atoms with Crippen molar-refractivity contribution >= 4 is 15.7 Å². The summed E-state index contributed by atoms with van der Waals surface area (Å²) in [6.07, 6.45) is 1.62. The number of benzene rings is 1. The predicted molar refractivity (Wildman–Crippen MR) is 89.2 cm³/mol. The van der Waals surface area contributed by atoms with E-state index >= 15 is 0 Å². The number of rotatable bonds is 6. The van der Waals surface area contributed by atoms with Gasteiger partial charge in [0.25, 0.3) is 0 Å². The van der Waals surface area contributed by atoms with Crippen LogP contribution < -0.4 is 10.1 Å². The predicted octanol–water partition coefficient (Wildman–Crippen LogP) is 0.830. The average molecular weight is 358 g/mol. The molecule has 8 heteroatoms. The van der Waals surface area contributed by atoms with Crippen molar-refractivity contribution in [3.05, 3.63) is 30.1 Å². The lowest BCUT2D eigenvalue weighted by molar-refractivity contribution is -0.133. The summed E-state index contributed by atoms with van der Waals surface area (Å²) in [5, 5.41) is 3.07. The second-order valence-electron chi connectivity index (χ2n) is 6.02. The van der Waals surface area contributed by atoms with Gasteiger partial charge in [0.05, 0.1) is 6.54 Å². The van der Waals surface area contributed by atoms with Crippen LogP contribution in [0, 0.1) is 5.82 Å². The Kier molecular flexibility index (Phi) is 5.82. The lowest BCUT2D eigenvalue weighted by Gasteiger charge is -2.37. The molecule has 0 bridgehead atoms. The van der Waals surface area contributed by atoms with Crippen LogP contribution in [0.25, 0.3) is 0 Å². The molecule has 24 heavy (non-hydrogen) atoms. The quantitative estimate of drug-likeness (QED) is 0.815. The lowest BCUT2D eigenvalue weighted by atomic mass is 9.95. The van der Waals surface area contributed by atoms with Crippen molar-refractivity contribution in [2.75, 3.05) is 39.5 Å². The summed E-state index contributed by atoms with van der Waals surface area (Å²) >= 11 is 0. The Bertz CT molecular complexity index is 687. The molecular weight excluding hydrogens is 335 g/mol. The summed E-state index contributed by atoms with van der Waals surface area (Å²) in [5.41, 5.74) is 0. The number of nitrogens with one attached hydrogen (secondary N) is 1. The first-order valence-corrected chi connectivity index (χ1v) is 9.70. The molecule has 1 amide bonds. The number of hydrogen-bond acceptors (Lipinski definition) is 5. The minimum atomic E-state index is -3.55. The molecule has 0 saturated carbocycles. The molecule has 1 aromatic rings. The van der Waals surface area contributed by atoms with Crippen LogP contribution >= 0.6 is 0 Å². The molecule has 1 fully saturated rings. The molecule has 6 nitrogen and oxygen atoms in total. The zero-order chi connectivity index (χ0) is 17.8. The summed E-state index contributed by atoms with van der Waals surface area (Å²) < 4.78 is 41.9. The van der Waals surface area contributed by atoms with Crippen LogP contribution in [-0.2, 0) is 14.6 Å². The van der Waals surface area contributed by atoms with Gasteiger partial charge in [0, 0.05) is 13.3 Å². The smallest absolute Gasteiger partial charge is 0.243 e. The van der Waals surface area contributed by atoms with Crippen molar-refractivity contribution in [3.8, 4) is 5.75 Å². The summed E-state index contributed by atoms with van der Waals surface area (Å²) in [5.74, 6) is -0.792. The SMILES string of the molecule is CN(CCOc1ccccc1F)C(=O)C1(S(C)(=O)=O)CCNCC1. The van der Waals surface area contributed by atoms with E-state index in [4.69, 9.17) is 4.74 Å². The molecule has 1 aliphatic heterocycles. The van der Waals surface area contributed by atoms with Gasteiger partial charge in [-0.05, 0) is 38.1 Å². The minimum absolute atomic E-state index is 0.0846. The van der Waals surface area contributed by atoms with Crippen molar-refractivity contribution in [2.45, 2.75) is 17.6 Å². The molecule has 0 aliphatic carbocycles. The molecule has 2 rings (SSSR count). The van der Waals surface area contributed by atoms with Crippen LogP contribution in [0.2, 0.25) is 0 Å². The fourth-order valence-corrected chi connectivity index (χ4v) is 4.30. The van der Waals surface area contributed by atoms with Crippen LogP contribution in [0.4, 0.5) is 4.39 Å². The van der Waals surface area contributed by atoms with E-state index in [2.05, 4.69) is 5.32 Å². The van der Waals surface area contributed by atoms with Gasteiger partial charge < -0.3 is 15.0 Å². The van der Waals surface area contributed by atoms with Crippen molar-refractivity contribution in [2.24, 2.45) is 0 Å². The van der Waals surface area contributed by atoms with Gasteiger partial charge in [-0.15, -0.1) is 0 Å². The molecular formula is C16H23FN2O4S. The summed E-state index contributed by atoms with van der Waals surface area (Å²) in [6.45, 7) is 1.23. The van der Waals surface area contributed by atoms with Crippen LogP contribution in [0.5, 0.6) is 5.75 Å². The van der Waals surface area contributed by atoms with E-state index in [0.29, 0.717) is 13.1 Å². The Balaban J connectivity index is 2.01. The number of piperidine rings is 1. The highest BCUT2D eigenvalue weighted by atomic mass is 32.2. The molecule has 0 unspecified atom stereocenters. The van der Waals surface area contributed by atoms with E-state index in [1.165, 1.54) is 17.0 Å². The first-order valence-electron chi connectivity index (χ1n) is 7.81. The molecule has 0 radical (unpaired) electrons. The van der Waals surface area contributed by atoms with Crippen molar-refractivity contribution in [1.82, 2.24) is 10.2 Å². The third kappa shape index (κ3) is 3.87. The highest BCUT2D eigenvalue weighted by Crippen LogP contribution is 2.29. The lowest BCUT2D eigenvalue weighted by Crippen LogP contribution is -2.57. The summed E-state index contributed by atoms with van der Waals surface area (Å²) in [4.78, 5) is 14.1. The number of para-hydroxylation sites is 1. The number of sulfone groups is 1. The van der Waals surface area contributed by atoms with Gasteiger partial charge in [0.1, 0.15) is 6.61 Å². The van der Waals surface area contributed by atoms with Gasteiger partial charge >= 0.3 is 0 Å². The Morgan fingerprint density at radius 1 is 1.33 bits per heavy atom. The van der Waals surface area contributed by atoms with Gasteiger partial charge in [-0.2, -0.15) is 0 Å². The molecule has 1 aromatic carbocycles. The molecule has 1 heterocycles. The standard InChI is InChI=1S/C16H23FN2O4S/c1-19(11-12-23-14-6-4-3-5-13(14)17)15(20)16(24(2,21)22)7-9-18-10-8-16/h3-6,18H,7-12H2,1-2H3. The highest BCUT2D eigenvalue weighted by molar-refractivity contribution is 7.92. The fraction of sp³-hybridized carbons (Fsp3) is 0.562. The Morgan fingerprint density at radius 3 is 2.54 bits per heavy atom. The number of likely N-dealkylation sites (N-methyl/N-ethyl adjacent to an activating group) is 1. The molecule has 134 valence electrons. The zero-order valence-corrected chi connectivity index (χ0v) is 14.7. The van der Waals surface area contributed by atoms with E-state index in [1.807, 2.05) is 0 Å². The number of ether oxygens (including phenoxy) is 1. The first kappa shape index (κ1) is 18.7. The van der Waals surface area contributed by atoms with Crippen LogP contribution in [0.1, 0.15) is 12.8 Å². The van der Waals surface area contributed by atoms with Crippen LogP contribution in [0.15, 0.2) is 24.3 Å². The van der Waals surface area contributed by atoms with E-state index in [9.17, 15) is 17.6 Å². The third-order valence-electron chi connectivity index (χ3n) is 4.38. The Hall–Kier alpha value is -1.67. The first-order chi connectivity index (χ1) is 11.3. The van der Waals surface area contributed by atoms with Crippen molar-refractivity contribution in [3.63, 3.8) is 0 Å². The maximum absolute atomic E-state index is 13.5. The van der Waals surface area contributed by atoms with Crippen molar-refractivity contribution in [1.29, 1.82) is 0 Å². The highest BCUT2D eigenvalue weighted by Gasteiger charge is 2.49. The minimum Gasteiger partial charge on any atom is -0.489 e. The maximum atomic E-state index is 13.5. The molecule has 1 aliphatic rings. The molecule has 0 spiro atoms. The number of amides is 1. The number of hydrogen-bond donors (Lipinski definition) is 1. The zero-order valence-electron chi connectivity index (χ0n) is 13.9. The fourth-order valence-electron chi connectivity index (χ4n) is 2.88. The summed E-state index contributed by atoms with van der Waals surface area (Å²) in [7, 11) is -2.00. The maximum Gasteiger partial charge on any atom is 0.243 e. The largest absolute Gasteiger partial charge is 0.489 e. The number of carbonyl (C=O) groups is 1. The van der Waals surface area contributed by atoms with Gasteiger partial charge in [0.2, 0.25) is 5.91 Å². The second kappa shape index (κ2) is 7.48. The van der Waals surface area contributed by atoms with Crippen LogP contribution in [0.3, 0.4) is 0 Å². The molecule has 1 N–H and O–H groups in total. The number of nitrogens with zero attached hydrogens (tertiary/aromatic N) is 1. The molecule has 1 saturated heterocycles. The van der Waals surface area contributed by atoms with E-state index in [1.54, 1.807) is 19.2 Å². The van der Waals surface area contributed by atoms with Gasteiger partial charge in [-0.3, -0.25) is 4.79 Å². The van der Waals surface area contributed by atoms with E-state index in [0.717, 1.165) is 6.26 Å². The molecule has 0 aromatic heterocycles. The normalized spacial score (nSPS) is 17.3. The third-order valence-corrected chi connectivity index (χ3v) is 6.38. The summed E-state index contributed by atoms with van der Waals surface area (Å²) in [6, 6.07) is 6.01. The topological polar surface area (TPSA) is 75.7 Å².